The molecule has 4 heterocycles. The van der Waals surface area contributed by atoms with E-state index in [-0.39, 0.29) is 42.2 Å². The summed E-state index contributed by atoms with van der Waals surface area (Å²) in [6.45, 7) is 8.85. The van der Waals surface area contributed by atoms with E-state index in [1.165, 1.54) is 14.2 Å². The minimum Gasteiger partial charge on any atom is -0.469 e. The Bertz CT molecular complexity index is 1870. The molecule has 3 aromatic rings. The first-order chi connectivity index (χ1) is 25.0. The molecule has 2 aliphatic rings. The number of rotatable bonds is 10. The maximum Gasteiger partial charge on any atom is 0.407 e. The Kier molecular flexibility index (Phi) is 12.4. The van der Waals surface area contributed by atoms with E-state index in [1.807, 2.05) is 56.9 Å². The smallest absolute Gasteiger partial charge is 0.407 e. The zero-order valence-electron chi connectivity index (χ0n) is 30.6. The van der Waals surface area contributed by atoms with E-state index >= 15 is 0 Å². The number of aromatic nitrogens is 4. The predicted octanol–water partition coefficient (Wildman–Crippen LogP) is 4.75. The molecule has 274 valence electrons. The maximum absolute atomic E-state index is 13.5. The van der Waals surface area contributed by atoms with Crippen molar-refractivity contribution in [3.63, 3.8) is 0 Å². The van der Waals surface area contributed by atoms with E-state index in [2.05, 4.69) is 48.9 Å². The second-order valence-corrected chi connectivity index (χ2v) is 13.8. The number of imidazole rings is 2. The maximum atomic E-state index is 13.5. The van der Waals surface area contributed by atoms with Gasteiger partial charge in [-0.15, -0.1) is 0 Å². The molecule has 0 spiro atoms. The summed E-state index contributed by atoms with van der Waals surface area (Å²) in [6.07, 6.45) is 6.07. The zero-order valence-corrected chi connectivity index (χ0v) is 30.6. The molecule has 4 atom stereocenters. The molecule has 2 fully saturated rings. The van der Waals surface area contributed by atoms with E-state index in [1.54, 1.807) is 17.3 Å². The number of hydrogen-bond acceptors (Lipinski definition) is 8. The van der Waals surface area contributed by atoms with Gasteiger partial charge in [-0.1, -0.05) is 45.7 Å². The van der Waals surface area contributed by atoms with Gasteiger partial charge in [-0.3, -0.25) is 14.4 Å². The number of methoxy groups -OCH3 is 2. The van der Waals surface area contributed by atoms with Crippen LogP contribution in [0.25, 0.3) is 11.3 Å². The third-order valence-electron chi connectivity index (χ3n) is 9.68. The number of likely N-dealkylation sites (tertiary alicyclic amines) is 2. The van der Waals surface area contributed by atoms with Gasteiger partial charge in [0.05, 0.1) is 56.7 Å². The fourth-order valence-electron chi connectivity index (χ4n) is 6.75. The molecular weight excluding hydrogens is 662 g/mol. The number of H-pyrrole nitrogens is 2. The summed E-state index contributed by atoms with van der Waals surface area (Å²) < 4.78 is 9.55. The first-order valence-electron chi connectivity index (χ1n) is 17.7. The van der Waals surface area contributed by atoms with Crippen molar-refractivity contribution in [2.75, 3.05) is 27.3 Å². The lowest BCUT2D eigenvalue weighted by Crippen LogP contribution is -2.51. The van der Waals surface area contributed by atoms with Crippen LogP contribution in [0.5, 0.6) is 0 Å². The van der Waals surface area contributed by atoms with Crippen molar-refractivity contribution < 1.29 is 28.7 Å². The Labute approximate surface area is 304 Å². The number of amides is 3. The van der Waals surface area contributed by atoms with Crippen LogP contribution in [0.15, 0.2) is 36.7 Å². The molecule has 1 aromatic carbocycles. The van der Waals surface area contributed by atoms with Crippen LogP contribution in [0.2, 0.25) is 0 Å². The summed E-state index contributed by atoms with van der Waals surface area (Å²) in [6, 6.07) is 6.61. The highest BCUT2D eigenvalue weighted by molar-refractivity contribution is 5.86. The van der Waals surface area contributed by atoms with Gasteiger partial charge < -0.3 is 34.6 Å². The van der Waals surface area contributed by atoms with Crippen molar-refractivity contribution in [1.29, 1.82) is 0 Å². The minimum absolute atomic E-state index is 0.00605. The Morgan fingerprint density at radius 1 is 0.827 bits per heavy atom. The van der Waals surface area contributed by atoms with Gasteiger partial charge in [-0.25, -0.2) is 14.8 Å². The van der Waals surface area contributed by atoms with Gasteiger partial charge in [0, 0.05) is 18.7 Å². The molecule has 13 heteroatoms. The summed E-state index contributed by atoms with van der Waals surface area (Å²) in [5.74, 6) is 12.1. The number of esters is 1. The summed E-state index contributed by atoms with van der Waals surface area (Å²) in [5, 5.41) is 2.68. The second-order valence-electron chi connectivity index (χ2n) is 13.8. The fraction of sp³-hybridized carbons (Fsp3) is 0.487. The van der Waals surface area contributed by atoms with Gasteiger partial charge in [0.1, 0.15) is 23.4 Å². The highest BCUT2D eigenvalue weighted by Gasteiger charge is 2.39. The van der Waals surface area contributed by atoms with Crippen LogP contribution >= 0.6 is 0 Å². The third-order valence-corrected chi connectivity index (χ3v) is 9.68. The van der Waals surface area contributed by atoms with Crippen molar-refractivity contribution in [3.05, 3.63) is 59.6 Å². The molecule has 0 aliphatic carbocycles. The normalized spacial score (nSPS) is 17.9. The van der Waals surface area contributed by atoms with Crippen LogP contribution in [-0.4, -0.2) is 87.0 Å². The summed E-state index contributed by atoms with van der Waals surface area (Å²) in [4.78, 5) is 70.1. The van der Waals surface area contributed by atoms with Crippen LogP contribution in [0.4, 0.5) is 4.79 Å². The molecule has 0 unspecified atom stereocenters. The van der Waals surface area contributed by atoms with Crippen LogP contribution in [-0.2, 0) is 23.9 Å². The van der Waals surface area contributed by atoms with Crippen molar-refractivity contribution in [3.8, 4) is 34.9 Å². The number of carbonyl (C=O) groups is 4. The first kappa shape index (κ1) is 37.7. The number of ether oxygens (including phenoxy) is 2. The van der Waals surface area contributed by atoms with E-state index < -0.39 is 24.0 Å². The number of hydrogen-bond donors (Lipinski definition) is 3. The van der Waals surface area contributed by atoms with E-state index in [0.717, 1.165) is 42.5 Å². The molecular formula is C39H47N7O6. The second kappa shape index (κ2) is 17.1. The quantitative estimate of drug-likeness (QED) is 0.201. The van der Waals surface area contributed by atoms with Gasteiger partial charge in [-0.05, 0) is 73.0 Å². The van der Waals surface area contributed by atoms with Crippen LogP contribution in [0.3, 0.4) is 0 Å². The standard InChI is InChI=1S/C39H47N7O6/c1-24(2)29(21-33(47)51-5)37(48)45-19-9-13-31(45)35-40-22-28(42-35)12-8-7-11-26-15-17-27(18-16-26)30-23-41-36(43-30)32-14-10-20-46(32)38(49)34(25(3)4)44-39(50)52-6/h15-18,22-25,29,31-32,34H,9-10,13-14,19-21H2,1-6H3,(H,40,42)(H,41,43)(H,44,50)/t29-,31-,32-,34-/m0/s1. The molecule has 0 radical (unpaired) electrons. The van der Waals surface area contributed by atoms with Crippen molar-refractivity contribution in [1.82, 2.24) is 35.1 Å². The number of nitrogens with one attached hydrogen (secondary N) is 3. The molecule has 3 N–H and O–H groups in total. The molecule has 0 bridgehead atoms. The van der Waals surface area contributed by atoms with Crippen LogP contribution in [0.1, 0.15) is 94.8 Å². The predicted molar refractivity (Wildman–Crippen MR) is 193 cm³/mol. The lowest BCUT2D eigenvalue weighted by molar-refractivity contribution is -0.148. The van der Waals surface area contributed by atoms with E-state index in [4.69, 9.17) is 9.47 Å². The van der Waals surface area contributed by atoms with E-state index in [0.29, 0.717) is 30.4 Å². The SMILES string of the molecule is COC(=O)C[C@H](C(=O)N1CCC[C@H]1c1ncc(C#CC#Cc2ccc(-c3cnc([C@@H]4CCCN4C(=O)[C@@H](NC(=O)OC)C(C)C)[nH]3)cc2)[nH]1)C(C)C. The van der Waals surface area contributed by atoms with Gasteiger partial charge in [-0.2, -0.15) is 0 Å². The summed E-state index contributed by atoms with van der Waals surface area (Å²) in [5.41, 5.74) is 3.14. The Balaban J connectivity index is 1.20. The molecule has 52 heavy (non-hydrogen) atoms. The summed E-state index contributed by atoms with van der Waals surface area (Å²) in [7, 11) is 2.62. The van der Waals surface area contributed by atoms with Crippen molar-refractivity contribution in [2.45, 2.75) is 77.9 Å². The largest absolute Gasteiger partial charge is 0.469 e. The molecule has 2 aliphatic heterocycles. The average Bonchev–Trinajstić information content (AvgIpc) is 3.97. The lowest BCUT2D eigenvalue weighted by atomic mass is 9.91. The topological polar surface area (TPSA) is 163 Å². The van der Waals surface area contributed by atoms with Gasteiger partial charge in [0.15, 0.2) is 0 Å². The van der Waals surface area contributed by atoms with Crippen LogP contribution < -0.4 is 5.32 Å². The Morgan fingerprint density at radius 3 is 2.06 bits per heavy atom. The molecule has 2 aromatic heterocycles. The van der Waals surface area contributed by atoms with Crippen molar-refractivity contribution >= 4 is 23.9 Å². The minimum atomic E-state index is -0.693. The number of alkyl carbamates (subject to hydrolysis) is 1. The number of benzene rings is 1. The van der Waals surface area contributed by atoms with Crippen molar-refractivity contribution in [2.24, 2.45) is 17.8 Å². The fourth-order valence-corrected chi connectivity index (χ4v) is 6.75. The average molecular weight is 710 g/mol. The number of carbonyl (C=O) groups excluding carboxylic acids is 4. The summed E-state index contributed by atoms with van der Waals surface area (Å²) >= 11 is 0. The lowest BCUT2D eigenvalue weighted by Gasteiger charge is -2.30. The first-order valence-corrected chi connectivity index (χ1v) is 17.7. The van der Waals surface area contributed by atoms with Gasteiger partial charge in [0.2, 0.25) is 11.8 Å². The molecule has 0 saturated carbocycles. The zero-order chi connectivity index (χ0) is 37.4. The highest BCUT2D eigenvalue weighted by atomic mass is 16.5. The highest BCUT2D eigenvalue weighted by Crippen LogP contribution is 2.34. The van der Waals surface area contributed by atoms with Crippen LogP contribution in [0, 0.1) is 41.4 Å². The number of aromatic amines is 2. The molecule has 5 rings (SSSR count). The van der Waals surface area contributed by atoms with Gasteiger partial charge >= 0.3 is 12.1 Å². The molecule has 2 saturated heterocycles. The third kappa shape index (κ3) is 8.83. The monoisotopic (exact) mass is 709 g/mol. The molecule has 3 amide bonds. The van der Waals surface area contributed by atoms with E-state index in [9.17, 15) is 19.2 Å². The number of nitrogens with zero attached hydrogens (tertiary/aromatic N) is 4. The molecule has 13 nitrogen and oxygen atoms in total. The Morgan fingerprint density at radius 2 is 1.44 bits per heavy atom. The Hall–Kier alpha value is -5.56. The van der Waals surface area contributed by atoms with Gasteiger partial charge in [0.25, 0.3) is 0 Å².